The van der Waals surface area contributed by atoms with Gasteiger partial charge in [0.05, 0.1) is 15.9 Å². The van der Waals surface area contributed by atoms with Crippen LogP contribution in [0.5, 0.6) is 0 Å². The van der Waals surface area contributed by atoms with E-state index in [1.54, 1.807) is 0 Å². The van der Waals surface area contributed by atoms with Crippen molar-refractivity contribution in [3.8, 4) is 0 Å². The average Bonchev–Trinajstić information content (AvgIpc) is 2.78. The SMILES string of the molecule is CCCc1nc(C2CCOC2)nc(N)c1I. The van der Waals surface area contributed by atoms with Crippen LogP contribution >= 0.6 is 22.6 Å². The molecule has 0 saturated carbocycles. The zero-order valence-electron chi connectivity index (χ0n) is 9.37. The van der Waals surface area contributed by atoms with Gasteiger partial charge in [-0.25, -0.2) is 9.97 Å². The fourth-order valence-electron chi connectivity index (χ4n) is 1.86. The Balaban J connectivity index is 2.31. The maximum Gasteiger partial charge on any atom is 0.140 e. The van der Waals surface area contributed by atoms with Crippen molar-refractivity contribution in [2.45, 2.75) is 32.1 Å². The van der Waals surface area contributed by atoms with Crippen molar-refractivity contribution >= 4 is 28.4 Å². The van der Waals surface area contributed by atoms with E-state index in [2.05, 4.69) is 39.5 Å². The van der Waals surface area contributed by atoms with Gasteiger partial charge in [0.1, 0.15) is 11.6 Å². The summed E-state index contributed by atoms with van der Waals surface area (Å²) in [5, 5.41) is 0. The summed E-state index contributed by atoms with van der Waals surface area (Å²) in [6, 6.07) is 0. The lowest BCUT2D eigenvalue weighted by atomic mass is 10.1. The number of aryl methyl sites for hydroxylation is 1. The van der Waals surface area contributed by atoms with Crippen molar-refractivity contribution in [3.63, 3.8) is 0 Å². The predicted molar refractivity (Wildman–Crippen MR) is 71.3 cm³/mol. The molecule has 1 aromatic heterocycles. The van der Waals surface area contributed by atoms with E-state index in [0.29, 0.717) is 11.7 Å². The summed E-state index contributed by atoms with van der Waals surface area (Å²) in [5.41, 5.74) is 7.00. The third-order valence-electron chi connectivity index (χ3n) is 2.74. The Hall–Kier alpha value is -0.430. The first-order valence-corrected chi connectivity index (χ1v) is 6.69. The summed E-state index contributed by atoms with van der Waals surface area (Å²) in [7, 11) is 0. The third kappa shape index (κ3) is 2.45. The van der Waals surface area contributed by atoms with Gasteiger partial charge in [-0.1, -0.05) is 13.3 Å². The number of nitrogens with two attached hydrogens (primary N) is 1. The Morgan fingerprint density at radius 1 is 1.50 bits per heavy atom. The van der Waals surface area contributed by atoms with Crippen LogP contribution in [0.2, 0.25) is 0 Å². The molecule has 1 aromatic rings. The van der Waals surface area contributed by atoms with Crippen LogP contribution < -0.4 is 5.73 Å². The monoisotopic (exact) mass is 333 g/mol. The molecule has 1 unspecified atom stereocenters. The molecule has 1 aliphatic heterocycles. The van der Waals surface area contributed by atoms with E-state index in [4.69, 9.17) is 10.5 Å². The second-order valence-electron chi connectivity index (χ2n) is 4.04. The molecule has 2 heterocycles. The lowest BCUT2D eigenvalue weighted by Crippen LogP contribution is -2.11. The Morgan fingerprint density at radius 2 is 2.31 bits per heavy atom. The topological polar surface area (TPSA) is 61.0 Å². The van der Waals surface area contributed by atoms with Crippen molar-refractivity contribution in [2.24, 2.45) is 0 Å². The predicted octanol–water partition coefficient (Wildman–Crippen LogP) is 2.12. The molecular weight excluding hydrogens is 317 g/mol. The maximum atomic E-state index is 5.92. The highest BCUT2D eigenvalue weighted by Crippen LogP contribution is 2.26. The molecule has 1 saturated heterocycles. The van der Waals surface area contributed by atoms with E-state index >= 15 is 0 Å². The highest BCUT2D eigenvalue weighted by atomic mass is 127. The van der Waals surface area contributed by atoms with Gasteiger partial charge >= 0.3 is 0 Å². The molecule has 0 bridgehead atoms. The molecule has 2 rings (SSSR count). The number of ether oxygens (including phenoxy) is 1. The summed E-state index contributed by atoms with van der Waals surface area (Å²) in [5.74, 6) is 1.80. The smallest absolute Gasteiger partial charge is 0.140 e. The standard InChI is InChI=1S/C11H16IN3O/c1-2-3-8-9(12)10(13)15-11(14-8)7-4-5-16-6-7/h7H,2-6H2,1H3,(H2,13,14,15). The minimum absolute atomic E-state index is 0.329. The van der Waals surface area contributed by atoms with Gasteiger partial charge in [-0.2, -0.15) is 0 Å². The molecule has 5 heteroatoms. The van der Waals surface area contributed by atoms with Gasteiger partial charge in [0.2, 0.25) is 0 Å². The first-order chi connectivity index (χ1) is 7.72. The molecule has 0 radical (unpaired) electrons. The van der Waals surface area contributed by atoms with Crippen molar-refractivity contribution in [2.75, 3.05) is 18.9 Å². The van der Waals surface area contributed by atoms with Crippen LogP contribution in [0, 0.1) is 3.57 Å². The van der Waals surface area contributed by atoms with Gasteiger partial charge < -0.3 is 10.5 Å². The Morgan fingerprint density at radius 3 is 2.94 bits per heavy atom. The first kappa shape index (κ1) is 12.0. The number of hydrogen-bond acceptors (Lipinski definition) is 4. The van der Waals surface area contributed by atoms with E-state index < -0.39 is 0 Å². The summed E-state index contributed by atoms with van der Waals surface area (Å²) in [4.78, 5) is 9.00. The van der Waals surface area contributed by atoms with E-state index in [1.165, 1.54) is 0 Å². The zero-order chi connectivity index (χ0) is 11.5. The molecule has 2 N–H and O–H groups in total. The molecule has 0 aliphatic carbocycles. The van der Waals surface area contributed by atoms with Crippen molar-refractivity contribution in [3.05, 3.63) is 15.1 Å². The second kappa shape index (κ2) is 5.27. The first-order valence-electron chi connectivity index (χ1n) is 5.62. The lowest BCUT2D eigenvalue weighted by Gasteiger charge is -2.11. The molecule has 88 valence electrons. The van der Waals surface area contributed by atoms with E-state index in [9.17, 15) is 0 Å². The van der Waals surface area contributed by atoms with Crippen LogP contribution in [0.15, 0.2) is 0 Å². The number of nitrogens with zero attached hydrogens (tertiary/aromatic N) is 2. The molecule has 0 amide bonds. The minimum atomic E-state index is 0.329. The third-order valence-corrected chi connectivity index (χ3v) is 3.92. The maximum absolute atomic E-state index is 5.92. The van der Waals surface area contributed by atoms with Crippen LogP contribution in [0.25, 0.3) is 0 Å². The van der Waals surface area contributed by atoms with Gasteiger partial charge in [-0.3, -0.25) is 0 Å². The van der Waals surface area contributed by atoms with Crippen molar-refractivity contribution in [1.82, 2.24) is 9.97 Å². The van der Waals surface area contributed by atoms with Gasteiger partial charge in [-0.05, 0) is 35.4 Å². The van der Waals surface area contributed by atoms with E-state index in [-0.39, 0.29) is 0 Å². The number of aromatic nitrogens is 2. The van der Waals surface area contributed by atoms with Gasteiger partial charge in [-0.15, -0.1) is 0 Å². The van der Waals surface area contributed by atoms with Crippen LogP contribution in [0.1, 0.15) is 37.2 Å². The number of rotatable bonds is 3. The Bertz CT molecular complexity index is 378. The molecule has 0 spiro atoms. The van der Waals surface area contributed by atoms with E-state index in [0.717, 1.165) is 47.6 Å². The quantitative estimate of drug-likeness (QED) is 0.861. The summed E-state index contributed by atoms with van der Waals surface area (Å²) in [6.45, 7) is 3.68. The fraction of sp³-hybridized carbons (Fsp3) is 0.636. The van der Waals surface area contributed by atoms with Crippen molar-refractivity contribution in [1.29, 1.82) is 0 Å². The summed E-state index contributed by atoms with van der Waals surface area (Å²) in [6.07, 6.45) is 3.05. The zero-order valence-corrected chi connectivity index (χ0v) is 11.5. The number of anilines is 1. The Labute approximate surface area is 109 Å². The molecule has 1 atom stereocenters. The van der Waals surface area contributed by atoms with Crippen LogP contribution in [0.4, 0.5) is 5.82 Å². The number of nitrogen functional groups attached to an aromatic ring is 1. The molecule has 16 heavy (non-hydrogen) atoms. The van der Waals surface area contributed by atoms with E-state index in [1.807, 2.05) is 0 Å². The second-order valence-corrected chi connectivity index (χ2v) is 5.12. The number of hydrogen-bond donors (Lipinski definition) is 1. The van der Waals surface area contributed by atoms with Crippen LogP contribution in [-0.2, 0) is 11.2 Å². The lowest BCUT2D eigenvalue weighted by molar-refractivity contribution is 0.193. The van der Waals surface area contributed by atoms with Crippen molar-refractivity contribution < 1.29 is 4.74 Å². The molecule has 4 nitrogen and oxygen atoms in total. The minimum Gasteiger partial charge on any atom is -0.383 e. The Kier molecular flexibility index (Phi) is 3.96. The van der Waals surface area contributed by atoms with Crippen LogP contribution in [0.3, 0.4) is 0 Å². The summed E-state index contributed by atoms with van der Waals surface area (Å²) < 4.78 is 6.36. The highest BCUT2D eigenvalue weighted by Gasteiger charge is 2.22. The highest BCUT2D eigenvalue weighted by molar-refractivity contribution is 14.1. The summed E-state index contributed by atoms with van der Waals surface area (Å²) >= 11 is 2.23. The normalized spacial score (nSPS) is 20.2. The van der Waals surface area contributed by atoms with Gasteiger partial charge in [0, 0.05) is 12.5 Å². The largest absolute Gasteiger partial charge is 0.383 e. The average molecular weight is 333 g/mol. The fourth-order valence-corrected chi connectivity index (χ4v) is 2.37. The molecule has 1 aliphatic rings. The molecular formula is C11H16IN3O. The molecule has 0 aromatic carbocycles. The van der Waals surface area contributed by atoms with Gasteiger partial charge in [0.25, 0.3) is 0 Å². The molecule has 1 fully saturated rings. The number of halogens is 1. The van der Waals surface area contributed by atoms with Gasteiger partial charge in [0.15, 0.2) is 0 Å². The van der Waals surface area contributed by atoms with Crippen LogP contribution in [-0.4, -0.2) is 23.2 Å².